The lowest BCUT2D eigenvalue weighted by Crippen LogP contribution is -2.31. The number of hydrogen-bond donors (Lipinski definition) is 2. The Morgan fingerprint density at radius 2 is 1.65 bits per heavy atom. The number of fused-ring (bicyclic) bond motifs is 1. The number of nitrogens with zero attached hydrogens (tertiary/aromatic N) is 1. The minimum absolute atomic E-state index is 0.00270. The summed E-state index contributed by atoms with van der Waals surface area (Å²) in [6, 6.07) is 22.2. The Morgan fingerprint density at radius 3 is 2.38 bits per heavy atom. The first kappa shape index (κ1) is 23.2. The molecule has 4 rings (SSSR count). The van der Waals surface area contributed by atoms with Crippen molar-refractivity contribution in [3.63, 3.8) is 0 Å². The highest BCUT2D eigenvalue weighted by Gasteiger charge is 2.28. The zero-order valence-electron chi connectivity index (χ0n) is 19.5. The average molecular weight is 456 g/mol. The summed E-state index contributed by atoms with van der Waals surface area (Å²) in [4.78, 5) is 39.9. The molecule has 0 radical (unpaired) electrons. The summed E-state index contributed by atoms with van der Waals surface area (Å²) < 4.78 is 0. The summed E-state index contributed by atoms with van der Waals surface area (Å²) in [6.07, 6.45) is 2.07. The quantitative estimate of drug-likeness (QED) is 0.574. The molecule has 3 aromatic rings. The molecule has 0 saturated heterocycles. The van der Waals surface area contributed by atoms with Crippen molar-refractivity contribution in [2.75, 3.05) is 23.8 Å². The van der Waals surface area contributed by atoms with Crippen molar-refractivity contribution in [3.8, 4) is 0 Å². The van der Waals surface area contributed by atoms with Gasteiger partial charge in [0.25, 0.3) is 11.8 Å². The standard InChI is InChI=1S/C28H29N3O3/c1-19-8-3-4-10-23(19)27(33)30-22-15-13-20(14-16-22)28(34)31-17-7-9-21(18-26(32)29-2)24-11-5-6-12-25(24)31/h3-6,8,10-16,21H,7,9,17-18H2,1-2H3,(H,29,32)(H,30,33). The van der Waals surface area contributed by atoms with Crippen LogP contribution in [0.15, 0.2) is 72.8 Å². The lowest BCUT2D eigenvalue weighted by atomic mass is 9.91. The van der Waals surface area contributed by atoms with Crippen molar-refractivity contribution in [2.24, 2.45) is 0 Å². The maximum Gasteiger partial charge on any atom is 0.258 e. The van der Waals surface area contributed by atoms with Crippen LogP contribution in [-0.4, -0.2) is 31.3 Å². The molecule has 3 aromatic carbocycles. The summed E-state index contributed by atoms with van der Waals surface area (Å²) in [6.45, 7) is 2.49. The Balaban J connectivity index is 1.53. The van der Waals surface area contributed by atoms with Crippen LogP contribution >= 0.6 is 0 Å². The van der Waals surface area contributed by atoms with E-state index < -0.39 is 0 Å². The van der Waals surface area contributed by atoms with Gasteiger partial charge < -0.3 is 15.5 Å². The van der Waals surface area contributed by atoms with E-state index in [2.05, 4.69) is 10.6 Å². The van der Waals surface area contributed by atoms with Gasteiger partial charge in [0.05, 0.1) is 0 Å². The molecule has 0 aromatic heterocycles. The van der Waals surface area contributed by atoms with Crippen molar-refractivity contribution < 1.29 is 14.4 Å². The van der Waals surface area contributed by atoms with Gasteiger partial charge in [-0.05, 0) is 73.2 Å². The van der Waals surface area contributed by atoms with Gasteiger partial charge in [0.1, 0.15) is 0 Å². The van der Waals surface area contributed by atoms with Crippen LogP contribution in [0.1, 0.15) is 57.0 Å². The number of carbonyl (C=O) groups is 3. The summed E-state index contributed by atoms with van der Waals surface area (Å²) in [5.74, 6) is -0.193. The Morgan fingerprint density at radius 1 is 0.941 bits per heavy atom. The normalized spacial score (nSPS) is 15.1. The minimum Gasteiger partial charge on any atom is -0.359 e. The topological polar surface area (TPSA) is 78.5 Å². The number of aryl methyl sites for hydroxylation is 1. The highest BCUT2D eigenvalue weighted by atomic mass is 16.2. The van der Waals surface area contributed by atoms with Crippen molar-refractivity contribution in [1.29, 1.82) is 0 Å². The average Bonchev–Trinajstić information content (AvgIpc) is 3.04. The molecule has 1 atom stereocenters. The van der Waals surface area contributed by atoms with Gasteiger partial charge in [0.2, 0.25) is 5.91 Å². The van der Waals surface area contributed by atoms with Gasteiger partial charge in [0, 0.05) is 42.5 Å². The van der Waals surface area contributed by atoms with Crippen LogP contribution < -0.4 is 15.5 Å². The Hall–Kier alpha value is -3.93. The van der Waals surface area contributed by atoms with Crippen LogP contribution in [0.2, 0.25) is 0 Å². The number of anilines is 2. The highest BCUT2D eigenvalue weighted by Crippen LogP contribution is 2.37. The fraction of sp³-hybridized carbons (Fsp3) is 0.250. The van der Waals surface area contributed by atoms with Crippen LogP contribution in [0.3, 0.4) is 0 Å². The molecule has 6 nitrogen and oxygen atoms in total. The highest BCUT2D eigenvalue weighted by molar-refractivity contribution is 6.08. The van der Waals surface area contributed by atoms with Gasteiger partial charge in [-0.2, -0.15) is 0 Å². The molecule has 0 saturated carbocycles. The second-order valence-electron chi connectivity index (χ2n) is 8.58. The molecule has 1 heterocycles. The maximum absolute atomic E-state index is 13.5. The molecule has 0 fully saturated rings. The van der Waals surface area contributed by atoms with E-state index in [1.54, 1.807) is 42.3 Å². The molecule has 34 heavy (non-hydrogen) atoms. The fourth-order valence-electron chi connectivity index (χ4n) is 4.48. The van der Waals surface area contributed by atoms with Crippen molar-refractivity contribution in [2.45, 2.75) is 32.1 Å². The molecule has 1 aliphatic heterocycles. The number of amides is 3. The first-order valence-electron chi connectivity index (χ1n) is 11.6. The van der Waals surface area contributed by atoms with Gasteiger partial charge in [0.15, 0.2) is 0 Å². The third-order valence-electron chi connectivity index (χ3n) is 6.34. The van der Waals surface area contributed by atoms with E-state index in [0.717, 1.165) is 29.7 Å². The van der Waals surface area contributed by atoms with E-state index in [9.17, 15) is 14.4 Å². The molecule has 3 amide bonds. The predicted molar refractivity (Wildman–Crippen MR) is 134 cm³/mol. The Bertz CT molecular complexity index is 1200. The number of para-hydroxylation sites is 1. The van der Waals surface area contributed by atoms with Crippen LogP contribution in [0.4, 0.5) is 11.4 Å². The van der Waals surface area contributed by atoms with Crippen LogP contribution in [0.25, 0.3) is 0 Å². The lowest BCUT2D eigenvalue weighted by Gasteiger charge is -2.24. The molecule has 6 heteroatoms. The molecule has 0 bridgehead atoms. The van der Waals surface area contributed by atoms with Gasteiger partial charge in [-0.15, -0.1) is 0 Å². The summed E-state index contributed by atoms with van der Waals surface area (Å²) >= 11 is 0. The van der Waals surface area contributed by atoms with E-state index in [1.165, 1.54) is 0 Å². The van der Waals surface area contributed by atoms with Gasteiger partial charge >= 0.3 is 0 Å². The smallest absolute Gasteiger partial charge is 0.258 e. The van der Waals surface area contributed by atoms with Gasteiger partial charge in [-0.25, -0.2) is 0 Å². The number of hydrogen-bond acceptors (Lipinski definition) is 3. The number of rotatable bonds is 5. The van der Waals surface area contributed by atoms with Crippen LogP contribution in [0.5, 0.6) is 0 Å². The fourth-order valence-corrected chi connectivity index (χ4v) is 4.48. The van der Waals surface area contributed by atoms with Crippen LogP contribution in [-0.2, 0) is 4.79 Å². The molecular weight excluding hydrogens is 426 g/mol. The third-order valence-corrected chi connectivity index (χ3v) is 6.34. The molecule has 0 spiro atoms. The van der Waals surface area contributed by atoms with E-state index in [4.69, 9.17) is 0 Å². The van der Waals surface area contributed by atoms with Crippen molar-refractivity contribution in [3.05, 3.63) is 95.1 Å². The monoisotopic (exact) mass is 455 g/mol. The summed E-state index contributed by atoms with van der Waals surface area (Å²) in [5, 5.41) is 5.60. The minimum atomic E-state index is -0.180. The predicted octanol–water partition coefficient (Wildman–Crippen LogP) is 4.91. The summed E-state index contributed by atoms with van der Waals surface area (Å²) in [5.41, 5.74) is 4.59. The first-order chi connectivity index (χ1) is 16.5. The van der Waals surface area contributed by atoms with Crippen LogP contribution in [0, 0.1) is 6.92 Å². The first-order valence-corrected chi connectivity index (χ1v) is 11.6. The number of carbonyl (C=O) groups excluding carboxylic acids is 3. The van der Waals surface area contributed by atoms with Gasteiger partial charge in [-0.1, -0.05) is 36.4 Å². The summed E-state index contributed by atoms with van der Waals surface area (Å²) in [7, 11) is 1.65. The maximum atomic E-state index is 13.5. The molecule has 1 aliphatic rings. The Kier molecular flexibility index (Phi) is 7.07. The van der Waals surface area contributed by atoms with E-state index in [-0.39, 0.29) is 23.6 Å². The van der Waals surface area contributed by atoms with E-state index in [1.807, 2.05) is 49.4 Å². The van der Waals surface area contributed by atoms with E-state index >= 15 is 0 Å². The Labute approximate surface area is 200 Å². The number of nitrogens with one attached hydrogen (secondary N) is 2. The molecule has 174 valence electrons. The lowest BCUT2D eigenvalue weighted by molar-refractivity contribution is -0.121. The second kappa shape index (κ2) is 10.3. The molecule has 0 aliphatic carbocycles. The van der Waals surface area contributed by atoms with Crippen molar-refractivity contribution >= 4 is 29.1 Å². The third kappa shape index (κ3) is 5.01. The SMILES string of the molecule is CNC(=O)CC1CCCN(C(=O)c2ccc(NC(=O)c3ccccc3C)cc2)c2ccccc21. The van der Waals surface area contributed by atoms with Gasteiger partial charge in [-0.3, -0.25) is 14.4 Å². The largest absolute Gasteiger partial charge is 0.359 e. The number of benzene rings is 3. The zero-order chi connectivity index (χ0) is 24.1. The molecule has 1 unspecified atom stereocenters. The molecule has 2 N–H and O–H groups in total. The van der Waals surface area contributed by atoms with E-state index in [0.29, 0.717) is 29.8 Å². The van der Waals surface area contributed by atoms with Crippen molar-refractivity contribution in [1.82, 2.24) is 5.32 Å². The second-order valence-corrected chi connectivity index (χ2v) is 8.58. The molecular formula is C28H29N3O3. The zero-order valence-corrected chi connectivity index (χ0v) is 19.5.